The first-order valence-corrected chi connectivity index (χ1v) is 11.7. The molecule has 6 heteroatoms. The van der Waals surface area contributed by atoms with Gasteiger partial charge in [-0.15, -0.1) is 23.5 Å². The summed E-state index contributed by atoms with van der Waals surface area (Å²) in [5, 5.41) is 0. The molecule has 0 radical (unpaired) electrons. The number of ketones is 1. The zero-order valence-electron chi connectivity index (χ0n) is 16.0. The highest BCUT2D eigenvalue weighted by Crippen LogP contribution is 2.45. The van der Waals surface area contributed by atoms with Crippen LogP contribution in [0.3, 0.4) is 0 Å². The maximum absolute atomic E-state index is 12.9. The molecule has 146 valence electrons. The third-order valence-corrected chi connectivity index (χ3v) is 8.36. The number of carbonyl (C=O) groups excluding carboxylic acids is 2. The maximum Gasteiger partial charge on any atom is 0.253 e. The highest BCUT2D eigenvalue weighted by Gasteiger charge is 2.23. The average Bonchev–Trinajstić information content (AvgIpc) is 3.28. The summed E-state index contributed by atoms with van der Waals surface area (Å²) in [6.07, 6.45) is 0. The van der Waals surface area contributed by atoms with Crippen molar-refractivity contribution in [1.29, 1.82) is 0 Å². The third kappa shape index (κ3) is 4.23. The summed E-state index contributed by atoms with van der Waals surface area (Å²) in [6, 6.07) is 15.9. The van der Waals surface area contributed by atoms with E-state index in [-0.39, 0.29) is 11.7 Å². The fourth-order valence-corrected chi connectivity index (χ4v) is 6.45. The normalized spacial score (nSPS) is 17.8. The minimum atomic E-state index is 0.0816. The Kier molecular flexibility index (Phi) is 5.97. The molecule has 4 rings (SSSR count). The molecule has 2 aromatic carbocycles. The number of hydrogen-bond acceptors (Lipinski definition) is 5. The molecule has 2 saturated heterocycles. The molecule has 0 aromatic heterocycles. The maximum atomic E-state index is 12.9. The summed E-state index contributed by atoms with van der Waals surface area (Å²) in [5.41, 5.74) is 3.92. The first-order valence-electron chi connectivity index (χ1n) is 9.60. The predicted molar refractivity (Wildman–Crippen MR) is 119 cm³/mol. The second-order valence-corrected chi connectivity index (χ2v) is 9.80. The van der Waals surface area contributed by atoms with Crippen LogP contribution in [0.4, 0.5) is 5.69 Å². The van der Waals surface area contributed by atoms with E-state index < -0.39 is 0 Å². The van der Waals surface area contributed by atoms with Gasteiger partial charge in [-0.05, 0) is 48.9 Å². The number of piperazine rings is 1. The molecule has 0 N–H and O–H groups in total. The van der Waals surface area contributed by atoms with Crippen LogP contribution < -0.4 is 4.90 Å². The first-order chi connectivity index (χ1) is 13.6. The van der Waals surface area contributed by atoms with Crippen LogP contribution >= 0.6 is 23.5 Å². The molecule has 4 nitrogen and oxygen atoms in total. The van der Waals surface area contributed by atoms with Crippen molar-refractivity contribution in [2.45, 2.75) is 11.5 Å². The van der Waals surface area contributed by atoms with E-state index >= 15 is 0 Å². The number of nitrogens with zero attached hydrogens (tertiary/aromatic N) is 2. The lowest BCUT2D eigenvalue weighted by Crippen LogP contribution is -2.48. The minimum absolute atomic E-state index is 0.0816. The van der Waals surface area contributed by atoms with Gasteiger partial charge in [0.2, 0.25) is 0 Å². The lowest BCUT2D eigenvalue weighted by molar-refractivity contribution is 0.0746. The van der Waals surface area contributed by atoms with Crippen LogP contribution in [0.5, 0.6) is 0 Å². The van der Waals surface area contributed by atoms with E-state index in [1.807, 2.05) is 64.8 Å². The van der Waals surface area contributed by atoms with Crippen LogP contribution in [0.25, 0.3) is 0 Å². The smallest absolute Gasteiger partial charge is 0.253 e. The van der Waals surface area contributed by atoms with Crippen LogP contribution in [-0.4, -0.2) is 54.3 Å². The number of amides is 1. The highest BCUT2D eigenvalue weighted by molar-refractivity contribution is 8.19. The second kappa shape index (κ2) is 8.62. The number of hydrogen-bond donors (Lipinski definition) is 0. The molecule has 2 fully saturated rings. The summed E-state index contributed by atoms with van der Waals surface area (Å²) < 4.78 is 0.516. The van der Waals surface area contributed by atoms with E-state index in [0.717, 1.165) is 29.9 Å². The molecule has 2 aliphatic rings. The van der Waals surface area contributed by atoms with Gasteiger partial charge >= 0.3 is 0 Å². The molecule has 0 saturated carbocycles. The number of thioether (sulfide) groups is 2. The molecule has 28 heavy (non-hydrogen) atoms. The lowest BCUT2D eigenvalue weighted by Gasteiger charge is -2.36. The van der Waals surface area contributed by atoms with Crippen LogP contribution in [0.2, 0.25) is 0 Å². The van der Waals surface area contributed by atoms with Gasteiger partial charge in [-0.3, -0.25) is 9.59 Å². The molecule has 0 spiro atoms. The van der Waals surface area contributed by atoms with Crippen molar-refractivity contribution in [2.24, 2.45) is 0 Å². The summed E-state index contributed by atoms with van der Waals surface area (Å²) in [6.45, 7) is 4.61. The van der Waals surface area contributed by atoms with Gasteiger partial charge < -0.3 is 9.80 Å². The van der Waals surface area contributed by atoms with Gasteiger partial charge in [0, 0.05) is 54.5 Å². The quantitative estimate of drug-likeness (QED) is 0.699. The molecule has 2 aromatic rings. The van der Waals surface area contributed by atoms with Gasteiger partial charge in [-0.2, -0.15) is 0 Å². The number of rotatable bonds is 4. The van der Waals surface area contributed by atoms with Gasteiger partial charge in [0.1, 0.15) is 0 Å². The summed E-state index contributed by atoms with van der Waals surface area (Å²) in [4.78, 5) is 28.5. The molecular weight excluding hydrogens is 388 g/mol. The molecule has 0 atom stereocenters. The number of anilines is 1. The Bertz CT molecular complexity index is 838. The van der Waals surface area contributed by atoms with Crippen LogP contribution in [0.15, 0.2) is 48.5 Å². The average molecular weight is 413 g/mol. The Morgan fingerprint density at radius 3 is 1.96 bits per heavy atom. The van der Waals surface area contributed by atoms with E-state index in [0.29, 0.717) is 17.7 Å². The van der Waals surface area contributed by atoms with Crippen LogP contribution in [-0.2, 0) is 0 Å². The molecule has 0 aliphatic carbocycles. The molecule has 2 heterocycles. The molecule has 0 bridgehead atoms. The monoisotopic (exact) mass is 412 g/mol. The van der Waals surface area contributed by atoms with Crippen molar-refractivity contribution in [3.8, 4) is 0 Å². The number of Topliss-reactive ketones (excluding diaryl/α,β-unsaturated/α-hetero) is 1. The van der Waals surface area contributed by atoms with Gasteiger partial charge in [-0.1, -0.05) is 12.1 Å². The van der Waals surface area contributed by atoms with Crippen molar-refractivity contribution in [3.63, 3.8) is 0 Å². The number of benzene rings is 2. The highest BCUT2D eigenvalue weighted by atomic mass is 32.2. The van der Waals surface area contributed by atoms with E-state index in [1.54, 1.807) is 6.92 Å². The Labute approximate surface area is 174 Å². The standard InChI is InChI=1S/C22H24N2O2S2/c1-16(25)17-6-8-20(9-7-17)23-10-12-24(13-11-23)21(26)18-2-4-19(5-3-18)22-27-14-15-28-22/h2-9,22H,10-15H2,1H3. The SMILES string of the molecule is CC(=O)c1ccc(N2CCN(C(=O)c3ccc(C4SCCS4)cc3)CC2)cc1. The zero-order valence-corrected chi connectivity index (χ0v) is 17.6. The summed E-state index contributed by atoms with van der Waals surface area (Å²) in [7, 11) is 0. The molecule has 2 aliphatic heterocycles. The Morgan fingerprint density at radius 2 is 1.39 bits per heavy atom. The van der Waals surface area contributed by atoms with E-state index in [2.05, 4.69) is 17.0 Å². The van der Waals surface area contributed by atoms with E-state index in [1.165, 1.54) is 17.1 Å². The molecule has 0 unspecified atom stereocenters. The topological polar surface area (TPSA) is 40.6 Å². The van der Waals surface area contributed by atoms with Gasteiger partial charge in [0.15, 0.2) is 5.78 Å². The Balaban J connectivity index is 1.35. The predicted octanol–water partition coefficient (Wildman–Crippen LogP) is 4.33. The van der Waals surface area contributed by atoms with Gasteiger partial charge in [0.25, 0.3) is 5.91 Å². The van der Waals surface area contributed by atoms with Crippen molar-refractivity contribution >= 4 is 40.9 Å². The van der Waals surface area contributed by atoms with E-state index in [4.69, 9.17) is 0 Å². The Hall–Kier alpha value is -1.92. The zero-order chi connectivity index (χ0) is 19.5. The van der Waals surface area contributed by atoms with Crippen molar-refractivity contribution in [3.05, 3.63) is 65.2 Å². The lowest BCUT2D eigenvalue weighted by atomic mass is 10.1. The molecule has 1 amide bonds. The van der Waals surface area contributed by atoms with Crippen LogP contribution in [0, 0.1) is 0 Å². The third-order valence-electron chi connectivity index (χ3n) is 5.26. The van der Waals surface area contributed by atoms with Crippen LogP contribution in [0.1, 0.15) is 37.8 Å². The summed E-state index contributed by atoms with van der Waals surface area (Å²) in [5.74, 6) is 2.61. The van der Waals surface area contributed by atoms with Crippen molar-refractivity contribution < 1.29 is 9.59 Å². The Morgan fingerprint density at radius 1 is 0.821 bits per heavy atom. The fraction of sp³-hybridized carbons (Fsp3) is 0.364. The first kappa shape index (κ1) is 19.4. The van der Waals surface area contributed by atoms with E-state index in [9.17, 15) is 9.59 Å². The minimum Gasteiger partial charge on any atom is -0.368 e. The summed E-state index contributed by atoms with van der Waals surface area (Å²) >= 11 is 3.96. The van der Waals surface area contributed by atoms with Gasteiger partial charge in [-0.25, -0.2) is 0 Å². The number of carbonyl (C=O) groups is 2. The molecular formula is C22H24N2O2S2. The largest absolute Gasteiger partial charge is 0.368 e. The second-order valence-electron chi connectivity index (χ2n) is 7.08. The van der Waals surface area contributed by atoms with Crippen molar-refractivity contribution in [2.75, 3.05) is 42.6 Å². The van der Waals surface area contributed by atoms with Crippen molar-refractivity contribution in [1.82, 2.24) is 4.90 Å². The van der Waals surface area contributed by atoms with Gasteiger partial charge in [0.05, 0.1) is 4.58 Å². The fourth-order valence-electron chi connectivity index (χ4n) is 3.59.